The summed E-state index contributed by atoms with van der Waals surface area (Å²) in [6, 6.07) is 8.68. The van der Waals surface area contributed by atoms with E-state index in [1.165, 1.54) is 44.5 Å². The number of aryl methyl sites for hydroxylation is 6. The van der Waals surface area contributed by atoms with Gasteiger partial charge in [-0.3, -0.25) is 0 Å². The number of benzene rings is 2. The van der Waals surface area contributed by atoms with Crippen LogP contribution < -0.4 is 0 Å². The molecule has 0 spiro atoms. The normalized spacial score (nSPS) is 19.2. The molecule has 0 aliphatic carbocycles. The van der Waals surface area contributed by atoms with Gasteiger partial charge in [0.25, 0.3) is 0 Å². The molecule has 2 aromatic carbocycles. The molecule has 2 heterocycles. The predicted molar refractivity (Wildman–Crippen MR) is 152 cm³/mol. The number of nitrogens with zero attached hydrogens (tertiary/aromatic N) is 4. The second kappa shape index (κ2) is 15.1. The second-order valence-corrected chi connectivity index (χ2v) is 12.8. The number of halogens is 4. The van der Waals surface area contributed by atoms with E-state index in [0.717, 1.165) is 0 Å². The van der Waals surface area contributed by atoms with Gasteiger partial charge in [-0.05, 0) is 63.8 Å². The number of aliphatic imine (C=N–C) groups is 2. The number of hydrogen-bond donors (Lipinski definition) is 0. The Balaban J connectivity index is 0.000000235. The first-order valence-electron chi connectivity index (χ1n) is 11.5. The van der Waals surface area contributed by atoms with E-state index in [0.29, 0.717) is 23.6 Å². The fourth-order valence-electron chi connectivity index (χ4n) is 4.72. The quantitative estimate of drug-likeness (QED) is 0.301. The van der Waals surface area contributed by atoms with Crippen LogP contribution in [0.5, 0.6) is 0 Å². The molecule has 0 radical (unpaired) electrons. The molecule has 0 saturated heterocycles. The average Bonchev–Trinajstić information content (AvgIpc) is 3.36. The Morgan fingerprint density at radius 1 is 0.676 bits per heavy atom. The van der Waals surface area contributed by atoms with Crippen LogP contribution in [0.2, 0.25) is 0 Å². The zero-order valence-corrected chi connectivity index (χ0v) is 27.6. The number of rotatable bonds is 4. The fraction of sp³-hybridized carbons (Fsp3) is 0.462. The molecule has 0 fully saturated rings. The molecule has 0 amide bonds. The Kier molecular flexibility index (Phi) is 13.2. The molecular formula is C26H34Cl4N4O2Pt. The maximum atomic E-state index is 5.75. The SMILES string of the molecule is Cc1cc(C)c(C2N=C(CCl)ON2C)c(C)c1.Cc1cc(C)c(C2N=C(CCl)ON2C)c(C)c1.[Cl][Pt][Cl]. The number of alkyl halides is 2. The Labute approximate surface area is 247 Å². The number of hydroxylamine groups is 4. The van der Waals surface area contributed by atoms with Crippen molar-refractivity contribution in [1.82, 2.24) is 10.1 Å². The van der Waals surface area contributed by atoms with Crippen LogP contribution in [-0.4, -0.2) is 47.8 Å². The van der Waals surface area contributed by atoms with Gasteiger partial charge >= 0.3 is 35.3 Å². The van der Waals surface area contributed by atoms with Crippen molar-refractivity contribution >= 4 is 53.8 Å². The summed E-state index contributed by atoms with van der Waals surface area (Å²) in [5.74, 6) is 1.78. The van der Waals surface area contributed by atoms with E-state index in [-0.39, 0.29) is 12.3 Å². The van der Waals surface area contributed by atoms with Gasteiger partial charge in [0.05, 0.1) is 0 Å². The summed E-state index contributed by atoms with van der Waals surface area (Å²) in [5.41, 5.74) is 9.91. The number of hydrogen-bond acceptors (Lipinski definition) is 6. The molecule has 0 N–H and O–H groups in total. The van der Waals surface area contributed by atoms with Crippen molar-refractivity contribution < 1.29 is 26.2 Å². The van der Waals surface area contributed by atoms with E-state index in [9.17, 15) is 0 Å². The molecule has 11 heteroatoms. The Hall–Kier alpha value is -0.852. The molecule has 6 nitrogen and oxygen atoms in total. The van der Waals surface area contributed by atoms with Crippen molar-refractivity contribution in [3.05, 3.63) is 68.8 Å². The molecule has 2 aliphatic heterocycles. The van der Waals surface area contributed by atoms with E-state index in [1.54, 1.807) is 10.1 Å². The predicted octanol–water partition coefficient (Wildman–Crippen LogP) is 7.63. The van der Waals surface area contributed by atoms with E-state index in [4.69, 9.17) is 51.7 Å². The van der Waals surface area contributed by atoms with Crippen LogP contribution in [0.15, 0.2) is 34.3 Å². The third-order valence-corrected chi connectivity index (χ3v) is 6.40. The Bertz CT molecular complexity index is 1010. The minimum absolute atomic E-state index is 0.0793. The van der Waals surface area contributed by atoms with Crippen LogP contribution in [-0.2, 0) is 26.2 Å². The molecule has 4 rings (SSSR count). The van der Waals surface area contributed by atoms with E-state index in [2.05, 4.69) is 75.8 Å². The average molecular weight is 771 g/mol. The first-order valence-corrected chi connectivity index (χ1v) is 18.2. The second-order valence-electron chi connectivity index (χ2n) is 9.01. The molecule has 37 heavy (non-hydrogen) atoms. The topological polar surface area (TPSA) is 49.7 Å². The zero-order valence-electron chi connectivity index (χ0n) is 22.3. The van der Waals surface area contributed by atoms with Crippen molar-refractivity contribution in [2.24, 2.45) is 9.98 Å². The molecule has 0 saturated carbocycles. The van der Waals surface area contributed by atoms with E-state index in [1.807, 2.05) is 14.1 Å². The molecule has 2 aliphatic rings. The summed E-state index contributed by atoms with van der Waals surface area (Å²) in [6.07, 6.45) is -0.159. The Morgan fingerprint density at radius 2 is 0.946 bits per heavy atom. The van der Waals surface area contributed by atoms with Gasteiger partial charge in [0.2, 0.25) is 11.8 Å². The molecule has 2 aromatic rings. The van der Waals surface area contributed by atoms with Crippen molar-refractivity contribution in [1.29, 1.82) is 0 Å². The van der Waals surface area contributed by atoms with Crippen LogP contribution >= 0.6 is 42.0 Å². The van der Waals surface area contributed by atoms with Crippen LogP contribution in [0.4, 0.5) is 0 Å². The van der Waals surface area contributed by atoms with Gasteiger partial charge in [0.1, 0.15) is 11.8 Å². The third-order valence-electron chi connectivity index (χ3n) is 5.94. The van der Waals surface area contributed by atoms with Crippen LogP contribution in [0.25, 0.3) is 0 Å². The molecule has 0 bridgehead atoms. The summed E-state index contributed by atoms with van der Waals surface area (Å²) in [6.45, 7) is 12.6. The summed E-state index contributed by atoms with van der Waals surface area (Å²) in [4.78, 5) is 19.9. The van der Waals surface area contributed by atoms with Crippen molar-refractivity contribution in [2.75, 3.05) is 25.9 Å². The van der Waals surface area contributed by atoms with Gasteiger partial charge in [0, 0.05) is 25.2 Å². The zero-order chi connectivity index (χ0) is 27.9. The van der Waals surface area contributed by atoms with E-state index < -0.39 is 16.5 Å². The fourth-order valence-corrected chi connectivity index (χ4v) is 4.96. The van der Waals surface area contributed by atoms with Gasteiger partial charge in [-0.2, -0.15) is 0 Å². The minimum atomic E-state index is -0.472. The first-order chi connectivity index (χ1) is 17.5. The first kappa shape index (κ1) is 32.4. The molecule has 2 atom stereocenters. The van der Waals surface area contributed by atoms with Gasteiger partial charge < -0.3 is 9.68 Å². The van der Waals surface area contributed by atoms with E-state index >= 15 is 0 Å². The van der Waals surface area contributed by atoms with Gasteiger partial charge in [-0.15, -0.1) is 33.3 Å². The standard InChI is InChI=1S/2C13H17ClN2O.2ClH.Pt/c2*1-8-5-9(2)12(10(3)6-8)13-15-11(7-14)17-16(13)4;;;/h2*5-6,13H,7H2,1-4H3;2*1H;/q;;;;+2/p-2. The summed E-state index contributed by atoms with van der Waals surface area (Å²) in [7, 11) is 13.5. The Morgan fingerprint density at radius 3 is 1.16 bits per heavy atom. The van der Waals surface area contributed by atoms with Gasteiger partial charge in [-0.1, -0.05) is 35.4 Å². The summed E-state index contributed by atoms with van der Waals surface area (Å²) in [5, 5.41) is 3.50. The summed E-state index contributed by atoms with van der Waals surface area (Å²) >= 11 is 11.0. The van der Waals surface area contributed by atoms with Crippen LogP contribution in [0.1, 0.15) is 56.8 Å². The van der Waals surface area contributed by atoms with Crippen molar-refractivity contribution in [2.45, 2.75) is 53.9 Å². The van der Waals surface area contributed by atoms with Crippen LogP contribution in [0, 0.1) is 41.5 Å². The van der Waals surface area contributed by atoms with Crippen molar-refractivity contribution in [3.63, 3.8) is 0 Å². The monoisotopic (exact) mass is 769 g/mol. The third kappa shape index (κ3) is 8.57. The summed E-state index contributed by atoms with van der Waals surface area (Å²) < 4.78 is 0. The van der Waals surface area contributed by atoms with Gasteiger partial charge in [-0.25, -0.2) is 9.98 Å². The molecule has 208 valence electrons. The van der Waals surface area contributed by atoms with Crippen molar-refractivity contribution in [3.8, 4) is 0 Å². The molecular weight excluding hydrogens is 737 g/mol. The molecule has 0 aromatic heterocycles. The van der Waals surface area contributed by atoms with Gasteiger partial charge in [0.15, 0.2) is 12.3 Å². The maximum absolute atomic E-state index is 5.75. The van der Waals surface area contributed by atoms with Crippen LogP contribution in [0.3, 0.4) is 0 Å². The molecule has 2 unspecified atom stereocenters.